The standard InChI is InChI=1S/C34H44ClN7O4/c35-25-8-10-26(11-9-25)36-33(45)37-30(32(44)41-20-12-27(13-21-41)39-16-4-1-5-17-39)22-31(43)40-18-14-28(15-19-40)42-23-24-6-2-3-7-29(24)38-34(42)46/h2-3,6-11,27-28,30H,1,4-5,12-23H2,(H,38,46)(H2,36,37,45)/t30-/m0/s1. The Morgan fingerprint density at radius 1 is 0.826 bits per heavy atom. The fraction of sp³-hybridized carbons (Fsp3) is 0.529. The lowest BCUT2D eigenvalue weighted by molar-refractivity contribution is -0.140. The number of benzene rings is 2. The molecule has 1 atom stereocenters. The lowest BCUT2D eigenvalue weighted by atomic mass is 9.98. The summed E-state index contributed by atoms with van der Waals surface area (Å²) in [5, 5.41) is 9.09. The summed E-state index contributed by atoms with van der Waals surface area (Å²) in [5.74, 6) is -0.407. The molecule has 11 nitrogen and oxygen atoms in total. The fourth-order valence-corrected chi connectivity index (χ4v) is 7.39. The lowest BCUT2D eigenvalue weighted by Gasteiger charge is -2.41. The van der Waals surface area contributed by atoms with Crippen LogP contribution in [0.25, 0.3) is 0 Å². The van der Waals surface area contributed by atoms with E-state index in [2.05, 4.69) is 20.9 Å². The molecule has 0 aliphatic carbocycles. The number of para-hydroxylation sites is 1. The molecule has 2 aromatic carbocycles. The van der Waals surface area contributed by atoms with Gasteiger partial charge in [-0.1, -0.05) is 36.2 Å². The van der Waals surface area contributed by atoms with Gasteiger partial charge in [-0.15, -0.1) is 0 Å². The van der Waals surface area contributed by atoms with Gasteiger partial charge in [0, 0.05) is 61.2 Å². The average Bonchev–Trinajstić information content (AvgIpc) is 3.09. The van der Waals surface area contributed by atoms with Crippen LogP contribution in [0.4, 0.5) is 21.0 Å². The Morgan fingerprint density at radius 3 is 2.20 bits per heavy atom. The average molecular weight is 650 g/mol. The van der Waals surface area contributed by atoms with Crippen LogP contribution >= 0.6 is 11.6 Å². The highest BCUT2D eigenvalue weighted by molar-refractivity contribution is 6.30. The largest absolute Gasteiger partial charge is 0.342 e. The van der Waals surface area contributed by atoms with Crippen LogP contribution in [-0.2, 0) is 16.1 Å². The van der Waals surface area contributed by atoms with Crippen molar-refractivity contribution < 1.29 is 19.2 Å². The summed E-state index contributed by atoms with van der Waals surface area (Å²) in [6.07, 6.45) is 6.70. The maximum absolute atomic E-state index is 13.9. The van der Waals surface area contributed by atoms with E-state index in [0.717, 1.165) is 37.2 Å². The normalized spacial score (nSPS) is 20.5. The van der Waals surface area contributed by atoms with E-state index in [1.165, 1.54) is 19.3 Å². The Labute approximate surface area is 275 Å². The highest BCUT2D eigenvalue weighted by atomic mass is 35.5. The number of rotatable bonds is 7. The molecule has 2 aromatic rings. The first-order valence-corrected chi connectivity index (χ1v) is 17.0. The Balaban J connectivity index is 1.06. The van der Waals surface area contributed by atoms with Crippen LogP contribution in [0.3, 0.4) is 0 Å². The summed E-state index contributed by atoms with van der Waals surface area (Å²) in [6, 6.07) is 13.3. The molecule has 0 radical (unpaired) electrons. The number of halogens is 1. The number of piperidine rings is 3. The number of hydrogen-bond donors (Lipinski definition) is 3. The molecule has 0 unspecified atom stereocenters. The second-order valence-electron chi connectivity index (χ2n) is 12.8. The molecule has 6 rings (SSSR count). The second kappa shape index (κ2) is 14.7. The van der Waals surface area contributed by atoms with Crippen LogP contribution in [0.2, 0.25) is 5.02 Å². The number of amides is 6. The number of nitrogens with one attached hydrogen (secondary N) is 3. The molecule has 0 aromatic heterocycles. The van der Waals surface area contributed by atoms with Crippen molar-refractivity contribution >= 4 is 46.9 Å². The molecule has 4 aliphatic rings. The zero-order valence-electron chi connectivity index (χ0n) is 26.3. The van der Waals surface area contributed by atoms with Crippen LogP contribution in [0.1, 0.15) is 56.9 Å². The van der Waals surface area contributed by atoms with Crippen molar-refractivity contribution in [3.05, 3.63) is 59.1 Å². The van der Waals surface area contributed by atoms with Crippen LogP contribution in [0, 0.1) is 0 Å². The lowest BCUT2D eigenvalue weighted by Crippen LogP contribution is -2.56. The Kier molecular flexibility index (Phi) is 10.3. The van der Waals surface area contributed by atoms with Crippen molar-refractivity contribution in [1.29, 1.82) is 0 Å². The van der Waals surface area contributed by atoms with Gasteiger partial charge in [0.15, 0.2) is 0 Å². The maximum atomic E-state index is 13.9. The molecule has 46 heavy (non-hydrogen) atoms. The predicted octanol–water partition coefficient (Wildman–Crippen LogP) is 4.74. The van der Waals surface area contributed by atoms with E-state index in [0.29, 0.717) is 62.3 Å². The molecule has 0 spiro atoms. The van der Waals surface area contributed by atoms with Crippen molar-refractivity contribution in [2.24, 2.45) is 0 Å². The summed E-state index contributed by atoms with van der Waals surface area (Å²) in [4.78, 5) is 61.3. The van der Waals surface area contributed by atoms with Crippen LogP contribution in [0.5, 0.6) is 0 Å². The van der Waals surface area contributed by atoms with E-state index in [1.807, 2.05) is 29.2 Å². The van der Waals surface area contributed by atoms with Crippen molar-refractivity contribution in [2.75, 3.05) is 49.9 Å². The minimum Gasteiger partial charge on any atom is -0.342 e. The summed E-state index contributed by atoms with van der Waals surface area (Å²) in [5.41, 5.74) is 2.45. The first-order chi connectivity index (χ1) is 22.3. The number of anilines is 2. The van der Waals surface area contributed by atoms with Gasteiger partial charge in [0.05, 0.1) is 6.42 Å². The van der Waals surface area contributed by atoms with Gasteiger partial charge < -0.3 is 35.6 Å². The number of likely N-dealkylation sites (tertiary alicyclic amines) is 3. The molecule has 3 saturated heterocycles. The third-order valence-electron chi connectivity index (χ3n) is 9.89. The zero-order valence-corrected chi connectivity index (χ0v) is 27.0. The molecule has 6 amide bonds. The number of carbonyl (C=O) groups is 4. The molecule has 0 bridgehead atoms. The maximum Gasteiger partial charge on any atom is 0.322 e. The summed E-state index contributed by atoms with van der Waals surface area (Å²) in [6.45, 7) is 4.96. The molecule has 12 heteroatoms. The molecule has 4 heterocycles. The van der Waals surface area contributed by atoms with Gasteiger partial charge in [-0.2, -0.15) is 0 Å². The third kappa shape index (κ3) is 7.75. The van der Waals surface area contributed by atoms with E-state index in [4.69, 9.17) is 11.6 Å². The first kappa shape index (κ1) is 32.1. The number of urea groups is 2. The minimum absolute atomic E-state index is 0.0133. The Bertz CT molecular complexity index is 1400. The smallest absolute Gasteiger partial charge is 0.322 e. The number of carbonyl (C=O) groups excluding carboxylic acids is 4. The van der Waals surface area contributed by atoms with Gasteiger partial charge in [0.2, 0.25) is 11.8 Å². The van der Waals surface area contributed by atoms with Crippen LogP contribution in [-0.4, -0.2) is 101 Å². The van der Waals surface area contributed by atoms with Gasteiger partial charge in [0.1, 0.15) is 6.04 Å². The highest BCUT2D eigenvalue weighted by Gasteiger charge is 2.36. The van der Waals surface area contributed by atoms with E-state index in [1.54, 1.807) is 34.1 Å². The first-order valence-electron chi connectivity index (χ1n) is 16.6. The van der Waals surface area contributed by atoms with Crippen molar-refractivity contribution in [2.45, 2.75) is 76.0 Å². The van der Waals surface area contributed by atoms with E-state index in [-0.39, 0.29) is 30.3 Å². The predicted molar refractivity (Wildman–Crippen MR) is 178 cm³/mol. The third-order valence-corrected chi connectivity index (χ3v) is 10.1. The number of fused-ring (bicyclic) bond motifs is 1. The molecule has 3 N–H and O–H groups in total. The topological polar surface area (TPSA) is 117 Å². The van der Waals surface area contributed by atoms with Gasteiger partial charge in [-0.3, -0.25) is 9.59 Å². The minimum atomic E-state index is -0.992. The number of nitrogens with zero attached hydrogens (tertiary/aromatic N) is 4. The quantitative estimate of drug-likeness (QED) is 0.401. The summed E-state index contributed by atoms with van der Waals surface area (Å²) >= 11 is 5.99. The second-order valence-corrected chi connectivity index (χ2v) is 13.3. The molecule has 246 valence electrons. The zero-order chi connectivity index (χ0) is 32.0. The van der Waals surface area contributed by atoms with Gasteiger partial charge >= 0.3 is 12.1 Å². The van der Waals surface area contributed by atoms with E-state index in [9.17, 15) is 19.2 Å². The fourth-order valence-electron chi connectivity index (χ4n) is 7.26. The van der Waals surface area contributed by atoms with Crippen LogP contribution < -0.4 is 16.0 Å². The summed E-state index contributed by atoms with van der Waals surface area (Å²) in [7, 11) is 0. The van der Waals surface area contributed by atoms with Crippen molar-refractivity contribution in [1.82, 2.24) is 24.9 Å². The van der Waals surface area contributed by atoms with Crippen molar-refractivity contribution in [3.63, 3.8) is 0 Å². The Morgan fingerprint density at radius 2 is 1.48 bits per heavy atom. The Hall–Kier alpha value is -3.83. The van der Waals surface area contributed by atoms with E-state index < -0.39 is 12.1 Å². The molecular formula is C34H44ClN7O4. The van der Waals surface area contributed by atoms with Crippen molar-refractivity contribution in [3.8, 4) is 0 Å². The number of hydrogen-bond acceptors (Lipinski definition) is 5. The molecule has 3 fully saturated rings. The van der Waals surface area contributed by atoms with Gasteiger partial charge in [0.25, 0.3) is 0 Å². The summed E-state index contributed by atoms with van der Waals surface area (Å²) < 4.78 is 0. The van der Waals surface area contributed by atoms with Crippen LogP contribution in [0.15, 0.2) is 48.5 Å². The highest BCUT2D eigenvalue weighted by Crippen LogP contribution is 2.28. The van der Waals surface area contributed by atoms with E-state index >= 15 is 0 Å². The molecular weight excluding hydrogens is 606 g/mol. The monoisotopic (exact) mass is 649 g/mol. The van der Waals surface area contributed by atoms with Gasteiger partial charge in [-0.05, 0) is 87.5 Å². The van der Waals surface area contributed by atoms with Gasteiger partial charge in [-0.25, -0.2) is 9.59 Å². The SMILES string of the molecule is O=C(Nc1ccc(Cl)cc1)N[C@@H](CC(=O)N1CCC(N2Cc3ccccc3NC2=O)CC1)C(=O)N1CCC(N2CCCCC2)CC1. The molecule has 0 saturated carbocycles. The molecule has 4 aliphatic heterocycles.